The number of aliphatic hydroxyl groups is 1. The number of anilines is 1. The summed E-state index contributed by atoms with van der Waals surface area (Å²) >= 11 is 3.51. The Kier molecular flexibility index (Phi) is 2.85. The van der Waals surface area contributed by atoms with E-state index < -0.39 is 5.60 Å². The molecule has 2 aromatic rings. The predicted molar refractivity (Wildman–Crippen MR) is 80.9 cm³/mol. The van der Waals surface area contributed by atoms with Crippen molar-refractivity contribution in [2.45, 2.75) is 38.8 Å². The lowest BCUT2D eigenvalue weighted by molar-refractivity contribution is 0.0307. The molecule has 0 aliphatic carbocycles. The second-order valence-electron chi connectivity index (χ2n) is 6.62. The number of rotatable bonds is 1. The molecule has 3 rings (SSSR count). The maximum absolute atomic E-state index is 9.90. The van der Waals surface area contributed by atoms with Gasteiger partial charge in [0.15, 0.2) is 5.65 Å². The Hall–Kier alpha value is -1.21. The molecule has 6 nitrogen and oxygen atoms in total. The van der Waals surface area contributed by atoms with Gasteiger partial charge in [-0.2, -0.15) is 5.10 Å². The summed E-state index contributed by atoms with van der Waals surface area (Å²) < 4.78 is 2.64. The van der Waals surface area contributed by atoms with Gasteiger partial charge in [0.2, 0.25) is 0 Å². The zero-order chi connectivity index (χ0) is 14.7. The minimum Gasteiger partial charge on any atom is -0.386 e. The zero-order valence-corrected chi connectivity index (χ0v) is 13.6. The molecule has 0 atom stereocenters. The SMILES string of the molecule is CC1(O)CN(c2ncnc3c2c(Br)nn3C(C)(C)C)C1. The molecule has 1 N–H and O–H groups in total. The zero-order valence-electron chi connectivity index (χ0n) is 12.1. The lowest BCUT2D eigenvalue weighted by Crippen LogP contribution is -2.60. The molecule has 0 aromatic carbocycles. The highest BCUT2D eigenvalue weighted by molar-refractivity contribution is 9.10. The summed E-state index contributed by atoms with van der Waals surface area (Å²) in [6, 6.07) is 0. The summed E-state index contributed by atoms with van der Waals surface area (Å²) in [6.07, 6.45) is 1.56. The standard InChI is InChI=1S/C13H18BrN5O/c1-12(2,3)19-11-8(9(14)17-19)10(15-7-16-11)18-5-13(4,20)6-18/h7,20H,5-6H2,1-4H3. The van der Waals surface area contributed by atoms with E-state index in [0.29, 0.717) is 13.1 Å². The quantitative estimate of drug-likeness (QED) is 0.859. The van der Waals surface area contributed by atoms with E-state index in [2.05, 4.69) is 51.8 Å². The third-order valence-electron chi connectivity index (χ3n) is 3.40. The number of hydrogen-bond donors (Lipinski definition) is 1. The molecule has 3 heterocycles. The fourth-order valence-corrected chi connectivity index (χ4v) is 3.04. The van der Waals surface area contributed by atoms with Crippen molar-refractivity contribution in [3.63, 3.8) is 0 Å². The van der Waals surface area contributed by atoms with E-state index in [0.717, 1.165) is 21.5 Å². The van der Waals surface area contributed by atoms with Gasteiger partial charge in [-0.15, -0.1) is 0 Å². The monoisotopic (exact) mass is 339 g/mol. The number of aromatic nitrogens is 4. The maximum atomic E-state index is 9.90. The Bertz CT molecular complexity index is 665. The number of halogens is 1. The van der Waals surface area contributed by atoms with Crippen LogP contribution in [0, 0.1) is 0 Å². The molecule has 0 amide bonds. The highest BCUT2D eigenvalue weighted by Crippen LogP contribution is 2.35. The largest absolute Gasteiger partial charge is 0.386 e. The minimum atomic E-state index is -0.635. The molecule has 1 aliphatic heterocycles. The molecule has 7 heteroatoms. The second kappa shape index (κ2) is 4.14. The van der Waals surface area contributed by atoms with Gasteiger partial charge in [-0.1, -0.05) is 0 Å². The smallest absolute Gasteiger partial charge is 0.165 e. The predicted octanol–water partition coefficient (Wildman–Crippen LogP) is 1.91. The van der Waals surface area contributed by atoms with Crippen LogP contribution in [0.15, 0.2) is 10.9 Å². The lowest BCUT2D eigenvalue weighted by Gasteiger charge is -2.45. The van der Waals surface area contributed by atoms with Crippen LogP contribution >= 0.6 is 15.9 Å². The normalized spacial score (nSPS) is 18.4. The summed E-state index contributed by atoms with van der Waals surface area (Å²) in [5.41, 5.74) is 0.0148. The molecular weight excluding hydrogens is 322 g/mol. The van der Waals surface area contributed by atoms with Crippen LogP contribution in [-0.4, -0.2) is 43.5 Å². The van der Waals surface area contributed by atoms with Gasteiger partial charge in [0.25, 0.3) is 0 Å². The van der Waals surface area contributed by atoms with Crippen molar-refractivity contribution in [3.8, 4) is 0 Å². The molecule has 108 valence electrons. The molecule has 0 saturated carbocycles. The van der Waals surface area contributed by atoms with E-state index in [9.17, 15) is 5.11 Å². The van der Waals surface area contributed by atoms with Crippen LogP contribution < -0.4 is 4.90 Å². The minimum absolute atomic E-state index is 0.156. The Morgan fingerprint density at radius 2 is 1.95 bits per heavy atom. The molecule has 0 bridgehead atoms. The summed E-state index contributed by atoms with van der Waals surface area (Å²) in [5, 5.41) is 15.3. The number of nitrogens with zero attached hydrogens (tertiary/aromatic N) is 5. The summed E-state index contributed by atoms with van der Waals surface area (Å²) in [5.74, 6) is 0.823. The molecular formula is C13H18BrN5O. The van der Waals surface area contributed by atoms with Crippen molar-refractivity contribution in [2.24, 2.45) is 0 Å². The van der Waals surface area contributed by atoms with Crippen LogP contribution in [0.25, 0.3) is 11.0 Å². The number of hydrogen-bond acceptors (Lipinski definition) is 5. The van der Waals surface area contributed by atoms with Crippen molar-refractivity contribution < 1.29 is 5.11 Å². The summed E-state index contributed by atoms with van der Waals surface area (Å²) in [4.78, 5) is 10.8. The van der Waals surface area contributed by atoms with E-state index in [1.54, 1.807) is 6.33 Å². The molecule has 1 aliphatic rings. The van der Waals surface area contributed by atoms with Crippen molar-refractivity contribution in [1.29, 1.82) is 0 Å². The molecule has 20 heavy (non-hydrogen) atoms. The van der Waals surface area contributed by atoms with Gasteiger partial charge in [0, 0.05) is 13.1 Å². The fraction of sp³-hybridized carbons (Fsp3) is 0.615. The topological polar surface area (TPSA) is 67.1 Å². The molecule has 2 aromatic heterocycles. The highest BCUT2D eigenvalue weighted by atomic mass is 79.9. The van der Waals surface area contributed by atoms with Crippen LogP contribution in [0.2, 0.25) is 0 Å². The van der Waals surface area contributed by atoms with Crippen molar-refractivity contribution in [2.75, 3.05) is 18.0 Å². The Balaban J connectivity index is 2.14. The van der Waals surface area contributed by atoms with Crippen LogP contribution in [0.3, 0.4) is 0 Å². The van der Waals surface area contributed by atoms with E-state index in [4.69, 9.17) is 0 Å². The third kappa shape index (κ3) is 2.09. The Morgan fingerprint density at radius 1 is 1.30 bits per heavy atom. The van der Waals surface area contributed by atoms with Crippen LogP contribution in [-0.2, 0) is 5.54 Å². The molecule has 0 spiro atoms. The van der Waals surface area contributed by atoms with E-state index >= 15 is 0 Å². The van der Waals surface area contributed by atoms with Gasteiger partial charge in [-0.25, -0.2) is 14.6 Å². The highest BCUT2D eigenvalue weighted by Gasteiger charge is 2.39. The van der Waals surface area contributed by atoms with Gasteiger partial charge < -0.3 is 10.0 Å². The van der Waals surface area contributed by atoms with Gasteiger partial charge in [-0.05, 0) is 43.6 Å². The average molecular weight is 340 g/mol. The van der Waals surface area contributed by atoms with Gasteiger partial charge >= 0.3 is 0 Å². The lowest BCUT2D eigenvalue weighted by atomic mass is 9.97. The first-order valence-electron chi connectivity index (χ1n) is 6.56. The Labute approximate surface area is 125 Å². The first-order valence-corrected chi connectivity index (χ1v) is 7.35. The Morgan fingerprint density at radius 3 is 2.50 bits per heavy atom. The third-order valence-corrected chi connectivity index (χ3v) is 3.95. The molecule has 0 radical (unpaired) electrons. The van der Waals surface area contributed by atoms with Crippen LogP contribution in [0.4, 0.5) is 5.82 Å². The van der Waals surface area contributed by atoms with E-state index in [-0.39, 0.29) is 5.54 Å². The van der Waals surface area contributed by atoms with Crippen LogP contribution in [0.5, 0.6) is 0 Å². The number of β-amino-alcohol motifs (C(OH)–C–C–N with tert-alkyl or cyclic N) is 1. The maximum Gasteiger partial charge on any atom is 0.165 e. The molecule has 0 unspecified atom stereocenters. The van der Waals surface area contributed by atoms with Gasteiger partial charge in [0.1, 0.15) is 16.7 Å². The van der Waals surface area contributed by atoms with Gasteiger partial charge in [0.05, 0.1) is 16.5 Å². The van der Waals surface area contributed by atoms with E-state index in [1.807, 2.05) is 16.5 Å². The summed E-state index contributed by atoms with van der Waals surface area (Å²) in [7, 11) is 0. The van der Waals surface area contributed by atoms with Crippen LogP contribution in [0.1, 0.15) is 27.7 Å². The fourth-order valence-electron chi connectivity index (χ4n) is 2.53. The molecule has 1 fully saturated rings. The van der Waals surface area contributed by atoms with Crippen molar-refractivity contribution in [3.05, 3.63) is 10.9 Å². The molecule has 1 saturated heterocycles. The van der Waals surface area contributed by atoms with E-state index in [1.165, 1.54) is 0 Å². The number of fused-ring (bicyclic) bond motifs is 1. The second-order valence-corrected chi connectivity index (χ2v) is 7.37. The van der Waals surface area contributed by atoms with Crippen molar-refractivity contribution >= 4 is 32.8 Å². The van der Waals surface area contributed by atoms with Gasteiger partial charge in [-0.3, -0.25) is 0 Å². The average Bonchev–Trinajstić information content (AvgIpc) is 2.64. The first-order chi connectivity index (χ1) is 9.19. The van der Waals surface area contributed by atoms with Crippen molar-refractivity contribution in [1.82, 2.24) is 19.7 Å². The summed E-state index contributed by atoms with van der Waals surface area (Å²) in [6.45, 7) is 9.24. The first kappa shape index (κ1) is 13.8.